The number of rotatable bonds is 5. The van der Waals surface area contributed by atoms with E-state index in [1.54, 1.807) is 23.1 Å². The molecule has 1 amide bonds. The lowest BCUT2D eigenvalue weighted by molar-refractivity contribution is 0.0970. The number of benzene rings is 2. The van der Waals surface area contributed by atoms with Crippen LogP contribution in [0.1, 0.15) is 52.3 Å². The number of ether oxygens (including phenoxy) is 1. The molecule has 33 heavy (non-hydrogen) atoms. The largest absolute Gasteiger partial charge is 0.494 e. The Morgan fingerprint density at radius 2 is 1.85 bits per heavy atom. The van der Waals surface area contributed by atoms with Gasteiger partial charge in [0, 0.05) is 5.69 Å². The smallest absolute Gasteiger partial charge is 0.296 e. The second kappa shape index (κ2) is 8.20. The van der Waals surface area contributed by atoms with E-state index in [9.17, 15) is 9.59 Å². The number of aromatic nitrogens is 1. The first-order chi connectivity index (χ1) is 16.0. The predicted molar refractivity (Wildman–Crippen MR) is 127 cm³/mol. The molecule has 3 heterocycles. The van der Waals surface area contributed by atoms with Gasteiger partial charge in [0.05, 0.1) is 23.6 Å². The standard InChI is InChI=1S/C27H24N2O4/c1-4-13-32-19-9-6-8-18(15-19)24-23-25(30)20-14-16(2)11-12-21(20)33-26(23)27(31)29(24)22-10-5-7-17(3)28-22/h5-12,14-15,24H,4,13H2,1-3H3. The van der Waals surface area contributed by atoms with Gasteiger partial charge in [-0.05, 0) is 62.2 Å². The number of hydrogen-bond donors (Lipinski definition) is 0. The molecule has 0 spiro atoms. The highest BCUT2D eigenvalue weighted by atomic mass is 16.5. The third-order valence-electron chi connectivity index (χ3n) is 5.79. The third-order valence-corrected chi connectivity index (χ3v) is 5.79. The summed E-state index contributed by atoms with van der Waals surface area (Å²) in [5.41, 5.74) is 3.00. The first-order valence-electron chi connectivity index (χ1n) is 11.0. The number of carbonyl (C=O) groups is 1. The first-order valence-corrected chi connectivity index (χ1v) is 11.0. The van der Waals surface area contributed by atoms with Crippen LogP contribution in [-0.2, 0) is 0 Å². The van der Waals surface area contributed by atoms with E-state index < -0.39 is 6.04 Å². The maximum absolute atomic E-state index is 13.7. The van der Waals surface area contributed by atoms with E-state index >= 15 is 0 Å². The van der Waals surface area contributed by atoms with Crippen LogP contribution < -0.4 is 15.1 Å². The van der Waals surface area contributed by atoms with E-state index in [1.165, 1.54) is 0 Å². The maximum Gasteiger partial charge on any atom is 0.296 e. The Hall–Kier alpha value is -3.93. The van der Waals surface area contributed by atoms with Crippen molar-refractivity contribution in [3.05, 3.63) is 99.0 Å². The zero-order valence-corrected chi connectivity index (χ0v) is 18.8. The minimum atomic E-state index is -0.673. The quantitative estimate of drug-likeness (QED) is 0.419. The molecule has 1 aliphatic heterocycles. The molecule has 0 saturated heterocycles. The lowest BCUT2D eigenvalue weighted by Crippen LogP contribution is -2.30. The lowest BCUT2D eigenvalue weighted by atomic mass is 9.98. The Kier molecular flexibility index (Phi) is 5.21. The number of pyridine rings is 1. The van der Waals surface area contributed by atoms with E-state index in [-0.39, 0.29) is 17.1 Å². The minimum Gasteiger partial charge on any atom is -0.494 e. The number of carbonyl (C=O) groups excluding carboxylic acids is 1. The van der Waals surface area contributed by atoms with Crippen molar-refractivity contribution in [2.24, 2.45) is 0 Å². The summed E-state index contributed by atoms with van der Waals surface area (Å²) in [6.07, 6.45) is 0.878. The van der Waals surface area contributed by atoms with E-state index in [0.717, 1.165) is 23.2 Å². The van der Waals surface area contributed by atoms with Crippen LogP contribution in [0.4, 0.5) is 5.82 Å². The van der Waals surface area contributed by atoms with Crippen LogP contribution in [0, 0.1) is 13.8 Å². The van der Waals surface area contributed by atoms with Gasteiger partial charge in [-0.2, -0.15) is 0 Å². The second-order valence-corrected chi connectivity index (χ2v) is 8.31. The summed E-state index contributed by atoms with van der Waals surface area (Å²) in [6, 6.07) is 17.7. The van der Waals surface area contributed by atoms with Crippen molar-refractivity contribution < 1.29 is 13.9 Å². The number of aryl methyl sites for hydroxylation is 2. The van der Waals surface area contributed by atoms with Gasteiger partial charge in [0.25, 0.3) is 5.91 Å². The zero-order valence-electron chi connectivity index (χ0n) is 18.8. The minimum absolute atomic E-state index is 0.0598. The van der Waals surface area contributed by atoms with Crippen LogP contribution in [-0.4, -0.2) is 17.5 Å². The molecule has 1 atom stereocenters. The molecule has 0 aliphatic carbocycles. The summed E-state index contributed by atoms with van der Waals surface area (Å²) < 4.78 is 11.9. The Morgan fingerprint density at radius 1 is 1.03 bits per heavy atom. The van der Waals surface area contributed by atoms with Gasteiger partial charge >= 0.3 is 0 Å². The summed E-state index contributed by atoms with van der Waals surface area (Å²) in [4.78, 5) is 33.5. The molecule has 1 aliphatic rings. The van der Waals surface area contributed by atoms with Crippen LogP contribution in [0.15, 0.2) is 69.9 Å². The summed E-state index contributed by atoms with van der Waals surface area (Å²) in [5, 5.41) is 0.462. The summed E-state index contributed by atoms with van der Waals surface area (Å²) in [5.74, 6) is 0.835. The topological polar surface area (TPSA) is 72.6 Å². The average Bonchev–Trinajstić information content (AvgIpc) is 3.11. The summed E-state index contributed by atoms with van der Waals surface area (Å²) in [6.45, 7) is 6.41. The molecule has 6 nitrogen and oxygen atoms in total. The van der Waals surface area contributed by atoms with Gasteiger partial charge in [0.1, 0.15) is 17.2 Å². The highest BCUT2D eigenvalue weighted by Gasteiger charge is 2.44. The first kappa shape index (κ1) is 20.9. The fraction of sp³-hybridized carbons (Fsp3) is 0.222. The number of anilines is 1. The van der Waals surface area contributed by atoms with E-state index in [4.69, 9.17) is 9.15 Å². The molecule has 0 fully saturated rings. The van der Waals surface area contributed by atoms with E-state index in [0.29, 0.717) is 34.7 Å². The predicted octanol–water partition coefficient (Wildman–Crippen LogP) is 5.34. The van der Waals surface area contributed by atoms with Crippen LogP contribution in [0.5, 0.6) is 5.75 Å². The molecule has 2 aromatic carbocycles. The number of amides is 1. The number of fused-ring (bicyclic) bond motifs is 2. The Balaban J connectivity index is 1.77. The lowest BCUT2D eigenvalue weighted by Gasteiger charge is -2.24. The monoisotopic (exact) mass is 440 g/mol. The van der Waals surface area contributed by atoms with Crippen molar-refractivity contribution in [1.29, 1.82) is 0 Å². The van der Waals surface area contributed by atoms with Crippen LogP contribution >= 0.6 is 0 Å². The Labute approximate surface area is 191 Å². The van der Waals surface area contributed by atoms with Gasteiger partial charge in [-0.1, -0.05) is 36.8 Å². The summed E-state index contributed by atoms with van der Waals surface area (Å²) >= 11 is 0. The van der Waals surface area contributed by atoms with Gasteiger partial charge in [-0.25, -0.2) is 4.98 Å². The Morgan fingerprint density at radius 3 is 2.64 bits per heavy atom. The van der Waals surface area contributed by atoms with Gasteiger partial charge in [-0.3, -0.25) is 14.5 Å². The van der Waals surface area contributed by atoms with Gasteiger partial charge in [0.2, 0.25) is 5.76 Å². The van der Waals surface area contributed by atoms with Crippen LogP contribution in [0.25, 0.3) is 11.0 Å². The Bertz CT molecular complexity index is 1440. The summed E-state index contributed by atoms with van der Waals surface area (Å²) in [7, 11) is 0. The highest BCUT2D eigenvalue weighted by Crippen LogP contribution is 2.41. The molecule has 0 bridgehead atoms. The van der Waals surface area contributed by atoms with Gasteiger partial charge < -0.3 is 9.15 Å². The highest BCUT2D eigenvalue weighted by molar-refractivity contribution is 6.10. The van der Waals surface area contributed by atoms with Gasteiger partial charge in [-0.15, -0.1) is 0 Å². The molecular weight excluding hydrogens is 416 g/mol. The van der Waals surface area contributed by atoms with Crippen LogP contribution in [0.2, 0.25) is 0 Å². The average molecular weight is 440 g/mol. The molecule has 0 N–H and O–H groups in total. The molecule has 1 unspecified atom stereocenters. The fourth-order valence-corrected chi connectivity index (χ4v) is 4.30. The third kappa shape index (κ3) is 3.57. The molecule has 2 aromatic heterocycles. The van der Waals surface area contributed by atoms with E-state index in [1.807, 2.05) is 63.2 Å². The van der Waals surface area contributed by atoms with Crippen molar-refractivity contribution in [3.63, 3.8) is 0 Å². The van der Waals surface area contributed by atoms with Crippen LogP contribution in [0.3, 0.4) is 0 Å². The maximum atomic E-state index is 13.7. The molecule has 0 saturated carbocycles. The van der Waals surface area contributed by atoms with Crippen molar-refractivity contribution in [3.8, 4) is 5.75 Å². The van der Waals surface area contributed by atoms with Crippen molar-refractivity contribution in [2.45, 2.75) is 33.2 Å². The zero-order chi connectivity index (χ0) is 23.1. The van der Waals surface area contributed by atoms with Crippen molar-refractivity contribution in [2.75, 3.05) is 11.5 Å². The molecule has 4 aromatic rings. The van der Waals surface area contributed by atoms with E-state index in [2.05, 4.69) is 4.98 Å². The van der Waals surface area contributed by atoms with Crippen molar-refractivity contribution in [1.82, 2.24) is 4.98 Å². The second-order valence-electron chi connectivity index (χ2n) is 8.31. The number of hydrogen-bond acceptors (Lipinski definition) is 5. The fourth-order valence-electron chi connectivity index (χ4n) is 4.30. The number of nitrogens with zero attached hydrogens (tertiary/aromatic N) is 2. The van der Waals surface area contributed by atoms with Gasteiger partial charge in [0.15, 0.2) is 5.43 Å². The molecule has 5 rings (SSSR count). The SMILES string of the molecule is CCCOc1cccc(C2c3c(oc4ccc(C)cc4c3=O)C(=O)N2c2cccc(C)n2)c1. The van der Waals surface area contributed by atoms with Crippen molar-refractivity contribution >= 4 is 22.7 Å². The molecular formula is C27H24N2O4. The molecule has 0 radical (unpaired) electrons. The normalized spacial score (nSPS) is 15.2. The molecule has 6 heteroatoms. The molecule has 166 valence electrons.